The minimum atomic E-state index is -0.0799. The third-order valence-electron chi connectivity index (χ3n) is 4.33. The van der Waals surface area contributed by atoms with Crippen LogP contribution in [0, 0.1) is 13.5 Å². The number of hydrogen-bond acceptors (Lipinski definition) is 0. The van der Waals surface area contributed by atoms with Crippen molar-refractivity contribution in [3.63, 3.8) is 0 Å². The van der Waals surface area contributed by atoms with E-state index in [2.05, 4.69) is 48.5 Å². The van der Waals surface area contributed by atoms with Crippen LogP contribution in [-0.4, -0.2) is 12.1 Å². The van der Waals surface area contributed by atoms with Crippen molar-refractivity contribution in [1.29, 1.82) is 0 Å². The summed E-state index contributed by atoms with van der Waals surface area (Å²) in [7, 11) is 0. The number of fused-ring (bicyclic) bond motifs is 3. The number of nitrogens with one attached hydrogen (secondary N) is 2. The largest absolute Gasteiger partial charge is 4.00 e. The van der Waals surface area contributed by atoms with Gasteiger partial charge in [-0.05, 0) is 0 Å². The van der Waals surface area contributed by atoms with Gasteiger partial charge >= 0.3 is 21.1 Å². The smallest absolute Gasteiger partial charge is 0.676 e. The molecule has 2 N–H and O–H groups in total. The predicted octanol–water partition coefficient (Wildman–Crippen LogP) is 6.64. The summed E-state index contributed by atoms with van der Waals surface area (Å²) in [6.45, 7) is 0. The van der Waals surface area contributed by atoms with Gasteiger partial charge in [0.15, 0.2) is 0 Å². The van der Waals surface area contributed by atoms with Crippen molar-refractivity contribution in [1.82, 2.24) is 0 Å². The van der Waals surface area contributed by atoms with E-state index in [0.717, 1.165) is 12.8 Å². The van der Waals surface area contributed by atoms with Gasteiger partial charge in [-0.2, -0.15) is 12.1 Å². The molecular formula is C21H24N2Pt. The van der Waals surface area contributed by atoms with Gasteiger partial charge in [0.2, 0.25) is 0 Å². The molecule has 4 rings (SSSR count). The standard InChI is InChI=1S/C14H9.C6H12N2.CH3.Pt/c1-3-7-13-11(5-1)9-10-12-6-2-4-8-14(12)13;7-5-3-1-2-4-6(5)8;;/h1-7,9-10H;5-8H,1-4H2;1H3;/q-1;-2;-1;+4. The van der Waals surface area contributed by atoms with E-state index < -0.39 is 0 Å². The minimum Gasteiger partial charge on any atom is -0.676 e. The van der Waals surface area contributed by atoms with Crippen LogP contribution in [0.5, 0.6) is 0 Å². The molecule has 2 atom stereocenters. The second kappa shape index (κ2) is 9.93. The second-order valence-electron chi connectivity index (χ2n) is 5.92. The van der Waals surface area contributed by atoms with Crippen molar-refractivity contribution in [2.75, 3.05) is 0 Å². The van der Waals surface area contributed by atoms with Gasteiger partial charge in [-0.1, -0.05) is 72.9 Å². The minimum absolute atomic E-state index is 0. The molecule has 1 aliphatic rings. The molecule has 0 aromatic heterocycles. The molecule has 128 valence electrons. The van der Waals surface area contributed by atoms with Gasteiger partial charge in [0.25, 0.3) is 0 Å². The van der Waals surface area contributed by atoms with Crippen LogP contribution in [0.1, 0.15) is 25.7 Å². The van der Waals surface area contributed by atoms with Crippen LogP contribution in [0.15, 0.2) is 54.6 Å². The summed E-state index contributed by atoms with van der Waals surface area (Å²) in [4.78, 5) is 0. The van der Waals surface area contributed by atoms with Crippen LogP contribution in [0.4, 0.5) is 0 Å². The van der Waals surface area contributed by atoms with E-state index in [-0.39, 0.29) is 40.6 Å². The summed E-state index contributed by atoms with van der Waals surface area (Å²) >= 11 is 0. The van der Waals surface area contributed by atoms with E-state index in [4.69, 9.17) is 11.5 Å². The predicted molar refractivity (Wildman–Crippen MR) is 101 cm³/mol. The van der Waals surface area contributed by atoms with Gasteiger partial charge in [0.1, 0.15) is 0 Å². The van der Waals surface area contributed by atoms with E-state index in [0.29, 0.717) is 0 Å². The molecule has 0 bridgehead atoms. The zero-order valence-electron chi connectivity index (χ0n) is 14.0. The van der Waals surface area contributed by atoms with E-state index in [9.17, 15) is 0 Å². The zero-order chi connectivity index (χ0) is 15.4. The van der Waals surface area contributed by atoms with Gasteiger partial charge in [0.05, 0.1) is 0 Å². The first-order valence-electron chi connectivity index (χ1n) is 7.96. The summed E-state index contributed by atoms with van der Waals surface area (Å²) in [5, 5.41) is 5.03. The SMILES string of the molecule is [CH3-].[NH-]C1CCCCC1[NH-].[Pt+4].[c-]1cccc2ccc3ccccc3c12. The molecule has 3 heteroatoms. The van der Waals surface area contributed by atoms with Crippen molar-refractivity contribution in [2.45, 2.75) is 37.8 Å². The number of rotatable bonds is 0. The first-order valence-corrected chi connectivity index (χ1v) is 7.96. The molecule has 0 aliphatic heterocycles. The fourth-order valence-corrected chi connectivity index (χ4v) is 3.00. The van der Waals surface area contributed by atoms with E-state index in [1.54, 1.807) is 0 Å². The van der Waals surface area contributed by atoms with Crippen LogP contribution in [-0.2, 0) is 21.1 Å². The first-order chi connectivity index (χ1) is 10.8. The number of benzene rings is 3. The summed E-state index contributed by atoms with van der Waals surface area (Å²) < 4.78 is 0. The Kier molecular flexibility index (Phi) is 8.62. The zero-order valence-corrected chi connectivity index (χ0v) is 16.3. The van der Waals surface area contributed by atoms with Gasteiger partial charge in [-0.3, -0.25) is 0 Å². The van der Waals surface area contributed by atoms with Gasteiger partial charge in [-0.15, -0.1) is 35.0 Å². The molecule has 2 unspecified atom stereocenters. The molecule has 1 aliphatic carbocycles. The summed E-state index contributed by atoms with van der Waals surface area (Å²) in [5.74, 6) is 0. The first kappa shape index (κ1) is 20.8. The van der Waals surface area contributed by atoms with Crippen molar-refractivity contribution in [2.24, 2.45) is 0 Å². The van der Waals surface area contributed by atoms with Crippen molar-refractivity contribution in [3.05, 3.63) is 79.6 Å². The molecule has 1 fully saturated rings. The second-order valence-corrected chi connectivity index (χ2v) is 5.92. The Hall–Kier alpha value is -1.21. The summed E-state index contributed by atoms with van der Waals surface area (Å²) in [6.07, 6.45) is 4.25. The molecule has 0 amide bonds. The summed E-state index contributed by atoms with van der Waals surface area (Å²) in [5.41, 5.74) is 14.6. The molecular weight excluding hydrogens is 475 g/mol. The molecule has 3 aromatic rings. The van der Waals surface area contributed by atoms with E-state index in [1.807, 2.05) is 12.1 Å². The average molecular weight is 500 g/mol. The molecule has 0 heterocycles. The van der Waals surface area contributed by atoms with Crippen molar-refractivity contribution in [3.8, 4) is 0 Å². The Morgan fingerprint density at radius 2 is 1.38 bits per heavy atom. The molecule has 3 aromatic carbocycles. The van der Waals surface area contributed by atoms with Crippen LogP contribution >= 0.6 is 0 Å². The molecule has 0 saturated heterocycles. The van der Waals surface area contributed by atoms with Crippen molar-refractivity contribution >= 4 is 21.5 Å². The molecule has 2 nitrogen and oxygen atoms in total. The molecule has 24 heavy (non-hydrogen) atoms. The third kappa shape index (κ3) is 4.89. The maximum atomic E-state index is 7.29. The maximum Gasteiger partial charge on any atom is 4.00 e. The Morgan fingerprint density at radius 1 is 0.792 bits per heavy atom. The van der Waals surface area contributed by atoms with Crippen LogP contribution in [0.3, 0.4) is 0 Å². The van der Waals surface area contributed by atoms with Crippen LogP contribution in [0.25, 0.3) is 33.0 Å². The van der Waals surface area contributed by atoms with Gasteiger partial charge in [0, 0.05) is 0 Å². The summed E-state index contributed by atoms with van der Waals surface area (Å²) in [6, 6.07) is 22.0. The monoisotopic (exact) mass is 499 g/mol. The molecule has 0 radical (unpaired) electrons. The molecule has 1 saturated carbocycles. The van der Waals surface area contributed by atoms with Gasteiger partial charge in [-0.25, -0.2) is 0 Å². The van der Waals surface area contributed by atoms with Crippen LogP contribution in [0.2, 0.25) is 0 Å². The fraction of sp³-hybridized carbons (Fsp3) is 0.286. The Balaban J connectivity index is 0.000000252. The Morgan fingerprint density at radius 3 is 2.04 bits per heavy atom. The Labute approximate surface area is 159 Å². The maximum absolute atomic E-state index is 7.29. The third-order valence-corrected chi connectivity index (χ3v) is 4.33. The Bertz CT molecular complexity index is 692. The van der Waals surface area contributed by atoms with Crippen LogP contribution < -0.4 is 0 Å². The number of hydrogen-bond donors (Lipinski definition) is 0. The normalized spacial score (nSPS) is 19.6. The topological polar surface area (TPSA) is 47.6 Å². The fourth-order valence-electron chi connectivity index (χ4n) is 3.00. The van der Waals surface area contributed by atoms with Gasteiger partial charge < -0.3 is 18.9 Å². The molecule has 0 spiro atoms. The van der Waals surface area contributed by atoms with Crippen molar-refractivity contribution < 1.29 is 21.1 Å². The van der Waals surface area contributed by atoms with E-state index >= 15 is 0 Å². The van der Waals surface area contributed by atoms with E-state index in [1.165, 1.54) is 34.4 Å². The average Bonchev–Trinajstić information content (AvgIpc) is 2.58. The quantitative estimate of drug-likeness (QED) is 0.246.